The van der Waals surface area contributed by atoms with E-state index in [1.807, 2.05) is 48.5 Å². The molecule has 3 aromatic carbocycles. The quantitative estimate of drug-likeness (QED) is 0.112. The van der Waals surface area contributed by atoms with E-state index >= 15 is 0 Å². The van der Waals surface area contributed by atoms with Crippen LogP contribution in [0.15, 0.2) is 89.2 Å². The number of hydrogen-bond acceptors (Lipinski definition) is 8. The molecule has 0 spiro atoms. The standard InChI is InChI=1S/C33H33F3N4O4/c1-3-43-31(42)32(15-16-32)25-13-11-23(12-14-25)22-7-9-24(10-8-22)30-28(20(2)39-44-30)29(41)27(37)19-40(38)18-21-5-4-6-26(17-21)33(34,35)36/h4-14,17,19,29,41H,3,15-16,18,37-38H2,1-2H3/b27-19-. The van der Waals surface area contributed by atoms with Gasteiger partial charge in [0.2, 0.25) is 0 Å². The summed E-state index contributed by atoms with van der Waals surface area (Å²) in [5.74, 6) is 6.14. The number of esters is 1. The largest absolute Gasteiger partial charge is 0.465 e. The molecule has 5 N–H and O–H groups in total. The first-order valence-electron chi connectivity index (χ1n) is 14.1. The van der Waals surface area contributed by atoms with Gasteiger partial charge in [0.15, 0.2) is 5.76 Å². The summed E-state index contributed by atoms with van der Waals surface area (Å²) in [5.41, 5.74) is 9.40. The number of carbonyl (C=O) groups excluding carboxylic acids is 1. The van der Waals surface area contributed by atoms with Crippen molar-refractivity contribution in [3.63, 3.8) is 0 Å². The van der Waals surface area contributed by atoms with E-state index in [2.05, 4.69) is 5.16 Å². The molecule has 11 heteroatoms. The third-order valence-electron chi connectivity index (χ3n) is 7.77. The number of aryl methyl sites for hydroxylation is 1. The number of nitrogens with two attached hydrogens (primary N) is 2. The molecule has 1 fully saturated rings. The Kier molecular flexibility index (Phi) is 8.53. The van der Waals surface area contributed by atoms with Gasteiger partial charge in [-0.2, -0.15) is 13.2 Å². The van der Waals surface area contributed by atoms with Gasteiger partial charge in [-0.25, -0.2) is 5.84 Å². The van der Waals surface area contributed by atoms with Crippen LogP contribution in [0.3, 0.4) is 0 Å². The van der Waals surface area contributed by atoms with Crippen LogP contribution >= 0.6 is 0 Å². The lowest BCUT2D eigenvalue weighted by Crippen LogP contribution is -2.27. The molecule has 1 unspecified atom stereocenters. The molecule has 44 heavy (non-hydrogen) atoms. The number of benzene rings is 3. The van der Waals surface area contributed by atoms with E-state index in [-0.39, 0.29) is 18.2 Å². The van der Waals surface area contributed by atoms with Crippen molar-refractivity contribution < 1.29 is 32.3 Å². The van der Waals surface area contributed by atoms with Crippen LogP contribution in [-0.2, 0) is 27.7 Å². The van der Waals surface area contributed by atoms with E-state index in [1.165, 1.54) is 18.3 Å². The van der Waals surface area contributed by atoms with Crippen LogP contribution in [0.4, 0.5) is 13.2 Å². The van der Waals surface area contributed by atoms with Crippen LogP contribution in [-0.4, -0.2) is 27.8 Å². The maximum absolute atomic E-state index is 13.1. The fraction of sp³-hybridized carbons (Fsp3) is 0.273. The van der Waals surface area contributed by atoms with Gasteiger partial charge >= 0.3 is 12.1 Å². The second-order valence-corrected chi connectivity index (χ2v) is 10.9. The third-order valence-corrected chi connectivity index (χ3v) is 7.77. The average molecular weight is 607 g/mol. The van der Waals surface area contributed by atoms with Gasteiger partial charge in [-0.1, -0.05) is 65.8 Å². The van der Waals surface area contributed by atoms with Crippen molar-refractivity contribution in [2.24, 2.45) is 11.6 Å². The van der Waals surface area contributed by atoms with Crippen molar-refractivity contribution in [1.82, 2.24) is 10.2 Å². The Hall–Kier alpha value is -4.61. The maximum atomic E-state index is 13.1. The highest BCUT2D eigenvalue weighted by Gasteiger charge is 2.52. The Morgan fingerprint density at radius 1 is 1.09 bits per heavy atom. The normalized spacial score (nSPS) is 15.1. The average Bonchev–Trinajstić information content (AvgIpc) is 3.73. The summed E-state index contributed by atoms with van der Waals surface area (Å²) in [6.45, 7) is 3.75. The van der Waals surface area contributed by atoms with Gasteiger partial charge in [0.1, 0.15) is 6.10 Å². The highest BCUT2D eigenvalue weighted by atomic mass is 19.4. The lowest BCUT2D eigenvalue weighted by atomic mass is 9.93. The van der Waals surface area contributed by atoms with Gasteiger partial charge in [-0.3, -0.25) is 4.79 Å². The predicted octanol–water partition coefficient (Wildman–Crippen LogP) is 6.14. The van der Waals surface area contributed by atoms with E-state index in [1.54, 1.807) is 13.8 Å². The van der Waals surface area contributed by atoms with Gasteiger partial charge < -0.3 is 25.1 Å². The lowest BCUT2D eigenvalue weighted by Gasteiger charge is -2.18. The fourth-order valence-electron chi connectivity index (χ4n) is 5.24. The first-order chi connectivity index (χ1) is 20.9. The molecule has 0 saturated heterocycles. The smallest absolute Gasteiger partial charge is 0.416 e. The fourth-order valence-corrected chi connectivity index (χ4v) is 5.24. The van der Waals surface area contributed by atoms with Crippen molar-refractivity contribution in [2.75, 3.05) is 6.61 Å². The molecular weight excluding hydrogens is 573 g/mol. The van der Waals surface area contributed by atoms with E-state index < -0.39 is 23.3 Å². The Balaban J connectivity index is 1.31. The maximum Gasteiger partial charge on any atom is 0.416 e. The molecule has 0 amide bonds. The highest BCUT2D eigenvalue weighted by Crippen LogP contribution is 2.49. The molecular formula is C33H33F3N4O4. The summed E-state index contributed by atoms with van der Waals surface area (Å²) in [5, 5.41) is 16.2. The van der Waals surface area contributed by atoms with Crippen LogP contribution in [0.2, 0.25) is 0 Å². The number of carbonyl (C=O) groups is 1. The number of rotatable bonds is 10. The molecule has 0 aliphatic heterocycles. The first-order valence-corrected chi connectivity index (χ1v) is 14.1. The van der Waals surface area contributed by atoms with E-state index in [4.69, 9.17) is 20.8 Å². The zero-order valence-electron chi connectivity index (χ0n) is 24.3. The second kappa shape index (κ2) is 12.2. The van der Waals surface area contributed by atoms with Gasteiger partial charge in [-0.05, 0) is 61.1 Å². The Bertz CT molecular complexity index is 1660. The number of halogens is 3. The van der Waals surface area contributed by atoms with Crippen molar-refractivity contribution in [2.45, 2.75) is 50.9 Å². The number of alkyl halides is 3. The Labute approximate surface area is 252 Å². The number of hydrogen-bond donors (Lipinski definition) is 3. The Morgan fingerprint density at radius 2 is 1.70 bits per heavy atom. The van der Waals surface area contributed by atoms with Crippen molar-refractivity contribution >= 4 is 5.97 Å². The zero-order valence-corrected chi connectivity index (χ0v) is 24.3. The molecule has 1 aliphatic carbocycles. The van der Waals surface area contributed by atoms with Gasteiger partial charge in [-0.15, -0.1) is 0 Å². The van der Waals surface area contributed by atoms with Crippen LogP contribution in [0, 0.1) is 6.92 Å². The molecule has 8 nitrogen and oxygen atoms in total. The topological polar surface area (TPSA) is 128 Å². The van der Waals surface area contributed by atoms with Crippen LogP contribution in [0.5, 0.6) is 0 Å². The number of ether oxygens (including phenoxy) is 1. The molecule has 4 aromatic rings. The van der Waals surface area contributed by atoms with Crippen molar-refractivity contribution in [1.29, 1.82) is 0 Å². The zero-order chi connectivity index (χ0) is 31.6. The summed E-state index contributed by atoms with van der Waals surface area (Å²) in [6, 6.07) is 20.2. The summed E-state index contributed by atoms with van der Waals surface area (Å²) >= 11 is 0. The Morgan fingerprint density at radius 3 is 2.30 bits per heavy atom. The van der Waals surface area contributed by atoms with Gasteiger partial charge in [0.25, 0.3) is 0 Å². The van der Waals surface area contributed by atoms with E-state index in [0.29, 0.717) is 34.8 Å². The molecule has 1 atom stereocenters. The summed E-state index contributed by atoms with van der Waals surface area (Å²) in [6.07, 6.45) is -2.99. The monoisotopic (exact) mass is 606 g/mol. The lowest BCUT2D eigenvalue weighted by molar-refractivity contribution is -0.146. The predicted molar refractivity (Wildman–Crippen MR) is 158 cm³/mol. The summed E-state index contributed by atoms with van der Waals surface area (Å²) < 4.78 is 50.0. The van der Waals surface area contributed by atoms with E-state index in [9.17, 15) is 23.1 Å². The molecule has 1 heterocycles. The first kappa shape index (κ1) is 30.8. The van der Waals surface area contributed by atoms with Crippen LogP contribution in [0.25, 0.3) is 22.5 Å². The molecule has 5 rings (SSSR count). The van der Waals surface area contributed by atoms with Gasteiger partial charge in [0.05, 0.1) is 41.1 Å². The minimum Gasteiger partial charge on any atom is -0.465 e. The minimum atomic E-state index is -4.48. The summed E-state index contributed by atoms with van der Waals surface area (Å²) in [7, 11) is 0. The minimum absolute atomic E-state index is 0.0417. The highest BCUT2D eigenvalue weighted by molar-refractivity contribution is 5.87. The SMILES string of the molecule is CCOC(=O)C1(c2ccc(-c3ccc(-c4onc(C)c4C(O)/C(N)=C/N(N)Cc4cccc(C(F)(F)F)c4)cc3)cc2)CC1. The molecule has 1 saturated carbocycles. The second-order valence-electron chi connectivity index (χ2n) is 10.9. The van der Waals surface area contributed by atoms with Gasteiger partial charge in [0, 0.05) is 11.8 Å². The van der Waals surface area contributed by atoms with Crippen molar-refractivity contribution in [3.8, 4) is 22.5 Å². The number of hydrazine groups is 1. The molecule has 230 valence electrons. The molecule has 1 aliphatic rings. The number of aliphatic hydroxyl groups excluding tert-OH is 1. The van der Waals surface area contributed by atoms with E-state index in [0.717, 1.165) is 46.7 Å². The third kappa shape index (κ3) is 6.34. The van der Waals surface area contributed by atoms with Crippen LogP contribution < -0.4 is 11.6 Å². The van der Waals surface area contributed by atoms with Crippen LogP contribution in [0.1, 0.15) is 53.8 Å². The number of nitrogens with zero attached hydrogens (tertiary/aromatic N) is 2. The number of aliphatic hydroxyl groups is 1. The molecule has 1 aromatic heterocycles. The van der Waals surface area contributed by atoms with Crippen molar-refractivity contribution in [3.05, 3.63) is 113 Å². The number of aromatic nitrogens is 1. The summed E-state index contributed by atoms with van der Waals surface area (Å²) in [4.78, 5) is 12.4. The molecule has 0 bridgehead atoms. The molecule has 0 radical (unpaired) electrons.